The van der Waals surface area contributed by atoms with Crippen LogP contribution in [0.1, 0.15) is 24.9 Å². The van der Waals surface area contributed by atoms with Crippen LogP contribution in [0.25, 0.3) is 0 Å². The highest BCUT2D eigenvalue weighted by Gasteiger charge is 2.32. The summed E-state index contributed by atoms with van der Waals surface area (Å²) in [6, 6.07) is 8.38. The van der Waals surface area contributed by atoms with Crippen LogP contribution in [0, 0.1) is 0 Å². The molecule has 0 radical (unpaired) electrons. The molecule has 1 aromatic rings. The number of benzene rings is 1. The van der Waals surface area contributed by atoms with Crippen LogP contribution in [0.5, 0.6) is 5.75 Å². The summed E-state index contributed by atoms with van der Waals surface area (Å²) >= 11 is 4.10. The van der Waals surface area contributed by atoms with E-state index in [1.165, 1.54) is 23.5 Å². The number of hydrogen-bond acceptors (Lipinski definition) is 5. The number of hydrogen-bond donors (Lipinski definition) is 2. The molecule has 0 spiro atoms. The Kier molecular flexibility index (Phi) is 5.88. The lowest BCUT2D eigenvalue weighted by atomic mass is 10.0. The molecule has 1 fully saturated rings. The van der Waals surface area contributed by atoms with E-state index in [0.29, 0.717) is 10.5 Å². The van der Waals surface area contributed by atoms with Crippen molar-refractivity contribution in [3.05, 3.63) is 29.8 Å². The van der Waals surface area contributed by atoms with E-state index in [4.69, 9.17) is 10.6 Å². The van der Waals surface area contributed by atoms with Gasteiger partial charge in [-0.05, 0) is 24.1 Å². The Morgan fingerprint density at radius 3 is 2.89 bits per heavy atom. The van der Waals surface area contributed by atoms with Gasteiger partial charge in [0.15, 0.2) is 0 Å². The zero-order chi connectivity index (χ0) is 13.7. The zero-order valence-electron chi connectivity index (χ0n) is 11.5. The number of ether oxygens (including phenoxy) is 1. The fraction of sp³-hybridized carbons (Fsp3) is 0.571. The highest BCUT2D eigenvalue weighted by Crippen LogP contribution is 2.40. The van der Waals surface area contributed by atoms with Gasteiger partial charge in [-0.1, -0.05) is 19.1 Å². The Morgan fingerprint density at radius 2 is 2.21 bits per heavy atom. The third-order valence-electron chi connectivity index (χ3n) is 3.46. The molecule has 106 valence electrons. The molecule has 3 atom stereocenters. The molecular weight excluding hydrogens is 276 g/mol. The molecule has 0 aliphatic carbocycles. The van der Waals surface area contributed by atoms with Crippen molar-refractivity contribution in [2.45, 2.75) is 29.9 Å². The predicted molar refractivity (Wildman–Crippen MR) is 85.8 cm³/mol. The van der Waals surface area contributed by atoms with E-state index in [1.54, 1.807) is 7.11 Å². The number of nitrogens with one attached hydrogen (secondary N) is 1. The molecule has 1 aromatic carbocycles. The molecule has 19 heavy (non-hydrogen) atoms. The van der Waals surface area contributed by atoms with E-state index in [0.717, 1.165) is 5.75 Å². The number of hydrazine groups is 1. The van der Waals surface area contributed by atoms with Gasteiger partial charge in [-0.25, -0.2) is 0 Å². The van der Waals surface area contributed by atoms with Crippen LogP contribution in [0.4, 0.5) is 0 Å². The molecule has 1 aliphatic heterocycles. The van der Waals surface area contributed by atoms with Crippen molar-refractivity contribution in [3.8, 4) is 5.75 Å². The van der Waals surface area contributed by atoms with Gasteiger partial charge in [-0.2, -0.15) is 23.5 Å². The van der Waals surface area contributed by atoms with Crippen LogP contribution in [-0.4, -0.2) is 29.1 Å². The lowest BCUT2D eigenvalue weighted by Crippen LogP contribution is -2.41. The first-order valence-electron chi connectivity index (χ1n) is 6.63. The highest BCUT2D eigenvalue weighted by atomic mass is 32.2. The van der Waals surface area contributed by atoms with Crippen molar-refractivity contribution < 1.29 is 4.74 Å². The Labute approximate surface area is 124 Å². The molecule has 5 heteroatoms. The van der Waals surface area contributed by atoms with Crippen LogP contribution < -0.4 is 16.0 Å². The maximum atomic E-state index is 5.83. The van der Waals surface area contributed by atoms with Crippen molar-refractivity contribution in [2.24, 2.45) is 5.84 Å². The minimum Gasteiger partial charge on any atom is -0.497 e. The average molecular weight is 298 g/mol. The maximum absolute atomic E-state index is 5.83. The van der Waals surface area contributed by atoms with Crippen molar-refractivity contribution in [3.63, 3.8) is 0 Å². The molecule has 1 aliphatic rings. The van der Waals surface area contributed by atoms with Crippen molar-refractivity contribution >= 4 is 23.5 Å². The van der Waals surface area contributed by atoms with Crippen LogP contribution >= 0.6 is 23.5 Å². The summed E-state index contributed by atoms with van der Waals surface area (Å²) < 4.78 is 5.31. The number of nitrogens with two attached hydrogens (primary N) is 1. The van der Waals surface area contributed by atoms with E-state index in [2.05, 4.69) is 36.2 Å². The quantitative estimate of drug-likeness (QED) is 0.646. The largest absolute Gasteiger partial charge is 0.497 e. The fourth-order valence-electron chi connectivity index (χ4n) is 2.46. The topological polar surface area (TPSA) is 47.3 Å². The van der Waals surface area contributed by atoms with Gasteiger partial charge in [-0.3, -0.25) is 11.3 Å². The normalized spacial score (nSPS) is 25.0. The van der Waals surface area contributed by atoms with Gasteiger partial charge in [0.1, 0.15) is 5.75 Å². The minimum absolute atomic E-state index is 0.179. The Hall–Kier alpha value is -0.360. The van der Waals surface area contributed by atoms with Gasteiger partial charge in [0.2, 0.25) is 0 Å². The first-order chi connectivity index (χ1) is 9.30. The SMILES string of the molecule is CCC1SCCSC1C(NN)c1cccc(OC)c1. The van der Waals surface area contributed by atoms with Crippen LogP contribution in [0.15, 0.2) is 24.3 Å². The van der Waals surface area contributed by atoms with E-state index in [1.807, 2.05) is 23.9 Å². The third-order valence-corrected chi connectivity index (χ3v) is 6.81. The monoisotopic (exact) mass is 298 g/mol. The second kappa shape index (κ2) is 7.43. The van der Waals surface area contributed by atoms with Crippen molar-refractivity contribution in [1.82, 2.24) is 5.43 Å². The van der Waals surface area contributed by atoms with Crippen LogP contribution in [0.2, 0.25) is 0 Å². The molecule has 0 aromatic heterocycles. The van der Waals surface area contributed by atoms with Gasteiger partial charge in [0.05, 0.1) is 13.2 Å². The summed E-state index contributed by atoms with van der Waals surface area (Å²) in [6.07, 6.45) is 1.19. The Bertz CT molecular complexity index is 403. The molecule has 0 saturated carbocycles. The molecule has 3 unspecified atom stereocenters. The molecule has 2 rings (SSSR count). The fourth-order valence-corrected chi connectivity index (χ4v) is 5.70. The molecule has 3 nitrogen and oxygen atoms in total. The lowest BCUT2D eigenvalue weighted by molar-refractivity contribution is 0.412. The summed E-state index contributed by atoms with van der Waals surface area (Å²) in [5.41, 5.74) is 4.22. The summed E-state index contributed by atoms with van der Waals surface area (Å²) in [6.45, 7) is 2.26. The third kappa shape index (κ3) is 3.60. The van der Waals surface area contributed by atoms with Crippen LogP contribution in [-0.2, 0) is 0 Å². The van der Waals surface area contributed by atoms with Crippen molar-refractivity contribution in [2.75, 3.05) is 18.6 Å². The highest BCUT2D eigenvalue weighted by molar-refractivity contribution is 8.07. The smallest absolute Gasteiger partial charge is 0.119 e. The van der Waals surface area contributed by atoms with Crippen LogP contribution in [0.3, 0.4) is 0 Å². The summed E-state index contributed by atoms with van der Waals surface area (Å²) in [7, 11) is 1.70. The molecule has 0 bridgehead atoms. The predicted octanol–water partition coefficient (Wildman–Crippen LogP) is 2.83. The van der Waals surface area contributed by atoms with Crippen molar-refractivity contribution in [1.29, 1.82) is 0 Å². The van der Waals surface area contributed by atoms with Gasteiger partial charge in [0.25, 0.3) is 0 Å². The Morgan fingerprint density at radius 1 is 1.42 bits per heavy atom. The standard InChI is InChI=1S/C14H22N2OS2/c1-3-12-14(19-8-7-18-12)13(16-15)10-5-4-6-11(9-10)17-2/h4-6,9,12-14,16H,3,7-8,15H2,1-2H3. The number of thioether (sulfide) groups is 2. The summed E-state index contributed by atoms with van der Waals surface area (Å²) in [4.78, 5) is 0. The summed E-state index contributed by atoms with van der Waals surface area (Å²) in [5, 5.41) is 1.17. The van der Waals surface area contributed by atoms with Gasteiger partial charge >= 0.3 is 0 Å². The first kappa shape index (κ1) is 15.0. The molecule has 1 saturated heterocycles. The summed E-state index contributed by atoms with van der Waals surface area (Å²) in [5.74, 6) is 9.17. The molecular formula is C14H22N2OS2. The van der Waals surface area contributed by atoms with Gasteiger partial charge in [0, 0.05) is 22.0 Å². The zero-order valence-corrected chi connectivity index (χ0v) is 13.1. The van der Waals surface area contributed by atoms with Gasteiger partial charge < -0.3 is 4.74 Å². The average Bonchev–Trinajstić information content (AvgIpc) is 2.49. The maximum Gasteiger partial charge on any atom is 0.119 e. The molecule has 1 heterocycles. The van der Waals surface area contributed by atoms with Gasteiger partial charge in [-0.15, -0.1) is 0 Å². The van der Waals surface area contributed by atoms with E-state index in [-0.39, 0.29) is 6.04 Å². The minimum atomic E-state index is 0.179. The second-order valence-corrected chi connectivity index (χ2v) is 7.21. The Balaban J connectivity index is 2.21. The van der Waals surface area contributed by atoms with E-state index < -0.39 is 0 Å². The lowest BCUT2D eigenvalue weighted by Gasteiger charge is -2.35. The second-order valence-electron chi connectivity index (χ2n) is 4.57. The van der Waals surface area contributed by atoms with E-state index in [9.17, 15) is 0 Å². The molecule has 3 N–H and O–H groups in total. The number of rotatable bonds is 5. The molecule has 0 amide bonds. The number of methoxy groups -OCH3 is 1. The first-order valence-corrected chi connectivity index (χ1v) is 8.73. The van der Waals surface area contributed by atoms with E-state index >= 15 is 0 Å².